The van der Waals surface area contributed by atoms with E-state index in [0.717, 1.165) is 41.5 Å². The average Bonchev–Trinajstić information content (AvgIpc) is 3.34. The van der Waals surface area contributed by atoms with E-state index in [1.807, 2.05) is 23.9 Å². The van der Waals surface area contributed by atoms with E-state index in [9.17, 15) is 0 Å². The van der Waals surface area contributed by atoms with Gasteiger partial charge in [-0.05, 0) is 56.1 Å². The summed E-state index contributed by atoms with van der Waals surface area (Å²) in [6, 6.07) is 6.31. The summed E-state index contributed by atoms with van der Waals surface area (Å²) in [5, 5.41) is 4.82. The minimum atomic E-state index is 0.285. The van der Waals surface area contributed by atoms with E-state index in [1.165, 1.54) is 18.4 Å². The molecule has 1 aromatic carbocycles. The van der Waals surface area contributed by atoms with Crippen LogP contribution in [0.25, 0.3) is 0 Å². The van der Waals surface area contributed by atoms with Gasteiger partial charge in [0.25, 0.3) is 0 Å². The van der Waals surface area contributed by atoms with Crippen LogP contribution in [0, 0.1) is 4.77 Å². The molecule has 1 aliphatic carbocycles. The standard InChI is InChI=1S/C19H26N4O2S/c1-21-18(13-6-7-13)20-23(19(21)26)12-22-10-4-5-16(22)15-11-14(24-2)8-9-17(15)25-3/h8-9,11,13,16H,4-7,10,12H2,1-3H3/t16-/m1/s1. The van der Waals surface area contributed by atoms with Crippen LogP contribution >= 0.6 is 12.2 Å². The van der Waals surface area contributed by atoms with Crippen molar-refractivity contribution in [3.8, 4) is 11.5 Å². The van der Waals surface area contributed by atoms with Crippen molar-refractivity contribution in [2.24, 2.45) is 7.05 Å². The van der Waals surface area contributed by atoms with Gasteiger partial charge in [-0.1, -0.05) is 0 Å². The maximum Gasteiger partial charge on any atom is 0.198 e. The number of rotatable bonds is 6. The highest BCUT2D eigenvalue weighted by Crippen LogP contribution is 2.40. The first-order chi connectivity index (χ1) is 12.6. The number of benzene rings is 1. The van der Waals surface area contributed by atoms with Gasteiger partial charge in [-0.3, -0.25) is 4.90 Å². The lowest BCUT2D eigenvalue weighted by atomic mass is 10.0. The molecule has 2 aromatic rings. The summed E-state index contributed by atoms with van der Waals surface area (Å²) < 4.78 is 15.9. The minimum absolute atomic E-state index is 0.285. The lowest BCUT2D eigenvalue weighted by Crippen LogP contribution is -2.27. The highest BCUT2D eigenvalue weighted by molar-refractivity contribution is 7.71. The van der Waals surface area contributed by atoms with Crippen LogP contribution in [0.4, 0.5) is 0 Å². The van der Waals surface area contributed by atoms with Gasteiger partial charge in [0.2, 0.25) is 0 Å². The fourth-order valence-corrected chi connectivity index (χ4v) is 4.11. The van der Waals surface area contributed by atoms with Gasteiger partial charge < -0.3 is 14.0 Å². The van der Waals surface area contributed by atoms with Crippen molar-refractivity contribution >= 4 is 12.2 Å². The monoisotopic (exact) mass is 374 g/mol. The number of likely N-dealkylation sites (tertiary alicyclic amines) is 1. The summed E-state index contributed by atoms with van der Waals surface area (Å²) in [6.45, 7) is 1.74. The summed E-state index contributed by atoms with van der Waals surface area (Å²) in [7, 11) is 5.46. The van der Waals surface area contributed by atoms with E-state index in [1.54, 1.807) is 14.2 Å². The summed E-state index contributed by atoms with van der Waals surface area (Å²) in [5.74, 6) is 3.49. The molecular weight excluding hydrogens is 348 g/mol. The van der Waals surface area contributed by atoms with Crippen molar-refractivity contribution < 1.29 is 9.47 Å². The first kappa shape index (κ1) is 17.5. The zero-order valence-corrected chi connectivity index (χ0v) is 16.5. The molecule has 4 rings (SSSR count). The Morgan fingerprint density at radius 2 is 2.00 bits per heavy atom. The van der Waals surface area contributed by atoms with E-state index < -0.39 is 0 Å². The molecular formula is C19H26N4O2S. The van der Waals surface area contributed by atoms with Gasteiger partial charge in [-0.25, -0.2) is 4.68 Å². The van der Waals surface area contributed by atoms with Crippen LogP contribution in [0.5, 0.6) is 11.5 Å². The molecule has 0 amide bonds. The Kier molecular flexibility index (Phi) is 4.75. The van der Waals surface area contributed by atoms with Crippen molar-refractivity contribution in [1.82, 2.24) is 19.2 Å². The van der Waals surface area contributed by atoms with Gasteiger partial charge >= 0.3 is 0 Å². The van der Waals surface area contributed by atoms with Gasteiger partial charge in [0.1, 0.15) is 17.3 Å². The van der Waals surface area contributed by atoms with Crippen LogP contribution < -0.4 is 9.47 Å². The molecule has 2 aliphatic rings. The molecule has 1 saturated heterocycles. The Bertz CT molecular complexity index is 856. The molecule has 0 bridgehead atoms. The van der Waals surface area contributed by atoms with E-state index in [0.29, 0.717) is 12.6 Å². The fraction of sp³-hybridized carbons (Fsp3) is 0.579. The molecule has 2 heterocycles. The molecule has 7 heteroatoms. The summed E-state index contributed by atoms with van der Waals surface area (Å²) in [6.07, 6.45) is 4.71. The maximum absolute atomic E-state index is 5.63. The van der Waals surface area contributed by atoms with Crippen molar-refractivity contribution in [3.05, 3.63) is 34.4 Å². The third kappa shape index (κ3) is 3.14. The molecule has 6 nitrogen and oxygen atoms in total. The average molecular weight is 375 g/mol. The van der Waals surface area contributed by atoms with Gasteiger partial charge in [-0.2, -0.15) is 5.10 Å². The second kappa shape index (κ2) is 7.04. The largest absolute Gasteiger partial charge is 0.497 e. The molecule has 0 radical (unpaired) electrons. The second-order valence-electron chi connectivity index (χ2n) is 7.19. The molecule has 26 heavy (non-hydrogen) atoms. The highest BCUT2D eigenvalue weighted by Gasteiger charge is 2.32. The van der Waals surface area contributed by atoms with Crippen molar-refractivity contribution in [2.45, 2.75) is 44.3 Å². The molecule has 1 saturated carbocycles. The molecule has 1 aliphatic heterocycles. The van der Waals surface area contributed by atoms with Crippen molar-refractivity contribution in [3.63, 3.8) is 0 Å². The van der Waals surface area contributed by atoms with Crippen molar-refractivity contribution in [1.29, 1.82) is 0 Å². The summed E-state index contributed by atoms with van der Waals surface area (Å²) >= 11 is 5.63. The van der Waals surface area contributed by atoms with Crippen molar-refractivity contribution in [2.75, 3.05) is 20.8 Å². The highest BCUT2D eigenvalue weighted by atomic mass is 32.1. The molecule has 0 spiro atoms. The number of aromatic nitrogens is 3. The Hall–Kier alpha value is -1.86. The quantitative estimate of drug-likeness (QED) is 0.723. The summed E-state index contributed by atoms with van der Waals surface area (Å²) in [5.41, 5.74) is 1.18. The first-order valence-corrected chi connectivity index (χ1v) is 9.63. The van der Waals surface area contributed by atoms with Gasteiger partial charge in [-0.15, -0.1) is 0 Å². The van der Waals surface area contributed by atoms with Crippen LogP contribution in [0.1, 0.15) is 49.0 Å². The lowest BCUT2D eigenvalue weighted by Gasteiger charge is -2.26. The van der Waals surface area contributed by atoms with Crippen LogP contribution in [-0.2, 0) is 13.7 Å². The number of hydrogen-bond acceptors (Lipinski definition) is 5. The topological polar surface area (TPSA) is 44.5 Å². The Morgan fingerprint density at radius 3 is 2.69 bits per heavy atom. The second-order valence-corrected chi connectivity index (χ2v) is 7.56. The third-order valence-corrected chi connectivity index (χ3v) is 5.98. The normalized spacial score (nSPS) is 20.5. The Balaban J connectivity index is 1.62. The SMILES string of the molecule is COc1ccc(OC)c([C@H]2CCCN2Cn2nc(C3CC3)n(C)c2=S)c1. The van der Waals surface area contributed by atoms with E-state index in [2.05, 4.69) is 15.5 Å². The van der Waals surface area contributed by atoms with Crippen LogP contribution in [0.2, 0.25) is 0 Å². The van der Waals surface area contributed by atoms with Gasteiger partial charge in [0, 0.05) is 31.1 Å². The Labute approximate surface area is 159 Å². The number of methoxy groups -OCH3 is 2. The molecule has 0 unspecified atom stereocenters. The molecule has 0 N–H and O–H groups in total. The molecule has 1 aromatic heterocycles. The molecule has 1 atom stereocenters. The van der Waals surface area contributed by atoms with Crippen LogP contribution in [-0.4, -0.2) is 40.0 Å². The molecule has 2 fully saturated rings. The predicted molar refractivity (Wildman–Crippen MR) is 102 cm³/mol. The van der Waals surface area contributed by atoms with E-state index >= 15 is 0 Å². The smallest absolute Gasteiger partial charge is 0.198 e. The number of ether oxygens (including phenoxy) is 2. The lowest BCUT2D eigenvalue weighted by molar-refractivity contribution is 0.186. The predicted octanol–water partition coefficient (Wildman–Crippen LogP) is 3.64. The maximum atomic E-state index is 5.63. The summed E-state index contributed by atoms with van der Waals surface area (Å²) in [4.78, 5) is 2.44. The van der Waals surface area contributed by atoms with E-state index in [-0.39, 0.29) is 6.04 Å². The zero-order valence-electron chi connectivity index (χ0n) is 15.6. The minimum Gasteiger partial charge on any atom is -0.497 e. The van der Waals surface area contributed by atoms with Gasteiger partial charge in [0.05, 0.1) is 20.9 Å². The number of hydrogen-bond donors (Lipinski definition) is 0. The molecule has 140 valence electrons. The van der Waals surface area contributed by atoms with Gasteiger partial charge in [0.15, 0.2) is 4.77 Å². The van der Waals surface area contributed by atoms with E-state index in [4.69, 9.17) is 26.8 Å². The fourth-order valence-electron chi connectivity index (χ4n) is 3.91. The zero-order chi connectivity index (χ0) is 18.3. The van der Waals surface area contributed by atoms with Crippen LogP contribution in [0.15, 0.2) is 18.2 Å². The number of nitrogens with zero attached hydrogens (tertiary/aromatic N) is 4. The Morgan fingerprint density at radius 1 is 1.19 bits per heavy atom. The van der Waals surface area contributed by atoms with Crippen LogP contribution in [0.3, 0.4) is 0 Å². The first-order valence-electron chi connectivity index (χ1n) is 9.22. The third-order valence-electron chi connectivity index (χ3n) is 5.49.